The molecular formula is C20H21N2O3+. The van der Waals surface area contributed by atoms with Gasteiger partial charge in [-0.3, -0.25) is 0 Å². The number of hydrogen-bond donors (Lipinski definition) is 1. The van der Waals surface area contributed by atoms with Crippen LogP contribution < -0.4 is 15.0 Å². The van der Waals surface area contributed by atoms with Gasteiger partial charge in [-0.1, -0.05) is 24.3 Å². The molecule has 1 atom stereocenters. The van der Waals surface area contributed by atoms with Gasteiger partial charge in [-0.15, -0.1) is 0 Å². The first-order valence-corrected chi connectivity index (χ1v) is 8.06. The molecule has 1 heterocycles. The smallest absolute Gasteiger partial charge is 0.457 e. The Morgan fingerprint density at radius 2 is 1.76 bits per heavy atom. The Bertz CT molecular complexity index is 797. The van der Waals surface area contributed by atoms with E-state index >= 15 is 0 Å². The first-order valence-electron chi connectivity index (χ1n) is 8.06. The number of hydrogen-bond acceptors (Lipinski definition) is 4. The molecular weight excluding hydrogens is 316 g/mol. The maximum Gasteiger partial charge on any atom is 0.525 e. The maximum atomic E-state index is 12.5. The summed E-state index contributed by atoms with van der Waals surface area (Å²) in [4.78, 5) is 12.5. The molecule has 1 unspecified atom stereocenters. The monoisotopic (exact) mass is 337 g/mol. The lowest BCUT2D eigenvalue weighted by atomic mass is 10.1. The van der Waals surface area contributed by atoms with Gasteiger partial charge in [0, 0.05) is 24.3 Å². The summed E-state index contributed by atoms with van der Waals surface area (Å²) in [6, 6.07) is 17.0. The van der Waals surface area contributed by atoms with Crippen LogP contribution >= 0.6 is 0 Å². The van der Waals surface area contributed by atoms with Crippen LogP contribution in [0.25, 0.3) is 0 Å². The van der Waals surface area contributed by atoms with E-state index in [1.165, 1.54) is 7.11 Å². The van der Waals surface area contributed by atoms with Crippen LogP contribution in [0.3, 0.4) is 0 Å². The standard InChI is InChI=1S/C20H21N2O3/c1-24-20(23)22(13-5-6-16(14-21)15-22)17-9-11-19(12-10-17)25-18-7-3-2-4-8-18/h2-12,15H,13-14,21H2,1H3/q+1. The molecule has 0 saturated heterocycles. The van der Waals surface area contributed by atoms with Crippen LogP contribution in [0.4, 0.5) is 10.5 Å². The molecule has 2 aromatic rings. The van der Waals surface area contributed by atoms with Crippen LogP contribution in [0.1, 0.15) is 0 Å². The van der Waals surface area contributed by atoms with Crippen LogP contribution in [-0.4, -0.2) is 26.3 Å². The fraction of sp³-hybridized carbons (Fsp3) is 0.150. The molecule has 0 bridgehead atoms. The number of nitrogens with zero attached hydrogens (tertiary/aromatic N) is 1. The van der Waals surface area contributed by atoms with E-state index in [1.807, 2.05) is 72.9 Å². The van der Waals surface area contributed by atoms with E-state index in [0.717, 1.165) is 17.0 Å². The van der Waals surface area contributed by atoms with E-state index in [-0.39, 0.29) is 10.6 Å². The van der Waals surface area contributed by atoms with Crippen LogP contribution in [-0.2, 0) is 4.74 Å². The molecule has 0 fully saturated rings. The number of para-hydroxylation sites is 1. The van der Waals surface area contributed by atoms with Crippen LogP contribution in [0.15, 0.2) is 78.5 Å². The number of methoxy groups -OCH3 is 1. The minimum atomic E-state index is -0.355. The summed E-state index contributed by atoms with van der Waals surface area (Å²) in [7, 11) is 1.39. The molecule has 0 spiro atoms. The Morgan fingerprint density at radius 1 is 1.08 bits per heavy atom. The first-order chi connectivity index (χ1) is 12.2. The zero-order valence-corrected chi connectivity index (χ0v) is 14.1. The molecule has 128 valence electrons. The number of carbonyl (C=O) groups is 1. The summed E-state index contributed by atoms with van der Waals surface area (Å²) >= 11 is 0. The molecule has 5 nitrogen and oxygen atoms in total. The van der Waals surface area contributed by atoms with Crippen molar-refractivity contribution < 1.29 is 14.3 Å². The number of amides is 1. The van der Waals surface area contributed by atoms with Crippen molar-refractivity contribution in [3.05, 3.63) is 78.5 Å². The summed E-state index contributed by atoms with van der Waals surface area (Å²) in [5.41, 5.74) is 7.44. The van der Waals surface area contributed by atoms with Gasteiger partial charge in [0.15, 0.2) is 0 Å². The second kappa shape index (κ2) is 7.34. The van der Waals surface area contributed by atoms with Gasteiger partial charge in [-0.2, -0.15) is 9.28 Å². The molecule has 2 N–H and O–H groups in total. The average Bonchev–Trinajstić information content (AvgIpc) is 2.68. The summed E-state index contributed by atoms with van der Waals surface area (Å²) in [5, 5.41) is 0. The molecule has 0 aromatic heterocycles. The Hall–Kier alpha value is -2.89. The third-order valence-electron chi connectivity index (χ3n) is 4.12. The normalized spacial score (nSPS) is 19.2. The third kappa shape index (κ3) is 3.47. The quantitative estimate of drug-likeness (QED) is 0.858. The molecule has 0 aliphatic carbocycles. The third-order valence-corrected chi connectivity index (χ3v) is 4.12. The lowest BCUT2D eigenvalue weighted by molar-refractivity contribution is 0.143. The minimum Gasteiger partial charge on any atom is -0.457 e. The largest absolute Gasteiger partial charge is 0.525 e. The van der Waals surface area contributed by atoms with Crippen molar-refractivity contribution in [2.24, 2.45) is 5.73 Å². The number of rotatable bonds is 4. The maximum absolute atomic E-state index is 12.5. The Balaban J connectivity index is 1.91. The first kappa shape index (κ1) is 17.0. The second-order valence-corrected chi connectivity index (χ2v) is 5.74. The highest BCUT2D eigenvalue weighted by atomic mass is 16.5. The number of quaternary nitrogens is 1. The fourth-order valence-electron chi connectivity index (χ4n) is 2.85. The Morgan fingerprint density at radius 3 is 2.40 bits per heavy atom. The molecule has 0 saturated carbocycles. The summed E-state index contributed by atoms with van der Waals surface area (Å²) in [5.74, 6) is 1.46. The van der Waals surface area contributed by atoms with Crippen molar-refractivity contribution in [1.82, 2.24) is 4.48 Å². The van der Waals surface area contributed by atoms with Crippen molar-refractivity contribution in [1.29, 1.82) is 0 Å². The SMILES string of the molecule is COC(=O)[N+]1(c2ccc(Oc3ccccc3)cc2)C=C(CN)C=CC1. The molecule has 1 aliphatic heterocycles. The van der Waals surface area contributed by atoms with Crippen LogP contribution in [0.2, 0.25) is 0 Å². The van der Waals surface area contributed by atoms with E-state index < -0.39 is 0 Å². The molecule has 5 heteroatoms. The molecule has 3 rings (SSSR count). The number of ether oxygens (including phenoxy) is 2. The highest BCUT2D eigenvalue weighted by Crippen LogP contribution is 2.32. The zero-order chi connectivity index (χ0) is 17.7. The summed E-state index contributed by atoms with van der Waals surface area (Å²) in [6.07, 6.45) is 5.37. The van der Waals surface area contributed by atoms with Crippen molar-refractivity contribution in [2.45, 2.75) is 0 Å². The van der Waals surface area contributed by atoms with Crippen molar-refractivity contribution in [3.63, 3.8) is 0 Å². The Labute approximate surface area is 147 Å². The van der Waals surface area contributed by atoms with Gasteiger partial charge in [-0.05, 0) is 30.3 Å². The van der Waals surface area contributed by atoms with Crippen molar-refractivity contribution >= 4 is 11.8 Å². The number of carbonyl (C=O) groups excluding carboxylic acids is 1. The molecule has 2 aromatic carbocycles. The van der Waals surface area contributed by atoms with E-state index in [0.29, 0.717) is 18.8 Å². The topological polar surface area (TPSA) is 61.5 Å². The minimum absolute atomic E-state index is 0.0504. The summed E-state index contributed by atoms with van der Waals surface area (Å²) in [6.45, 7) is 0.845. The molecule has 25 heavy (non-hydrogen) atoms. The van der Waals surface area contributed by atoms with E-state index in [9.17, 15) is 4.79 Å². The average molecular weight is 337 g/mol. The highest BCUT2D eigenvalue weighted by molar-refractivity contribution is 5.85. The van der Waals surface area contributed by atoms with Gasteiger partial charge < -0.3 is 15.2 Å². The predicted molar refractivity (Wildman–Crippen MR) is 98.3 cm³/mol. The van der Waals surface area contributed by atoms with Gasteiger partial charge in [0.25, 0.3) is 0 Å². The number of benzene rings is 2. The van der Waals surface area contributed by atoms with Gasteiger partial charge in [0.05, 0.1) is 7.11 Å². The van der Waals surface area contributed by atoms with Crippen LogP contribution in [0.5, 0.6) is 11.5 Å². The van der Waals surface area contributed by atoms with E-state index in [4.69, 9.17) is 15.2 Å². The van der Waals surface area contributed by atoms with Gasteiger partial charge in [0.1, 0.15) is 29.9 Å². The lowest BCUT2D eigenvalue weighted by Gasteiger charge is -2.31. The van der Waals surface area contributed by atoms with Gasteiger partial charge >= 0.3 is 6.09 Å². The number of nitrogens with two attached hydrogens (primary N) is 1. The van der Waals surface area contributed by atoms with E-state index in [2.05, 4.69) is 0 Å². The lowest BCUT2D eigenvalue weighted by Crippen LogP contribution is -2.51. The predicted octanol–water partition coefficient (Wildman–Crippen LogP) is 3.97. The van der Waals surface area contributed by atoms with Crippen LogP contribution in [0, 0.1) is 0 Å². The zero-order valence-electron chi connectivity index (χ0n) is 14.1. The highest BCUT2D eigenvalue weighted by Gasteiger charge is 2.40. The van der Waals surface area contributed by atoms with Crippen molar-refractivity contribution in [2.75, 3.05) is 20.2 Å². The van der Waals surface area contributed by atoms with Gasteiger partial charge in [-0.25, -0.2) is 0 Å². The molecule has 1 amide bonds. The van der Waals surface area contributed by atoms with E-state index in [1.54, 1.807) is 0 Å². The summed E-state index contributed by atoms with van der Waals surface area (Å²) < 4.78 is 10.8. The Kier molecular flexibility index (Phi) is 4.97. The van der Waals surface area contributed by atoms with Crippen molar-refractivity contribution in [3.8, 4) is 11.5 Å². The fourth-order valence-corrected chi connectivity index (χ4v) is 2.85. The second-order valence-electron chi connectivity index (χ2n) is 5.74. The molecule has 0 radical (unpaired) electrons. The molecule has 1 aliphatic rings. The van der Waals surface area contributed by atoms with Gasteiger partial charge in [0.2, 0.25) is 0 Å².